The topological polar surface area (TPSA) is 44.4 Å². The van der Waals surface area contributed by atoms with Gasteiger partial charge in [0.05, 0.1) is 0 Å². The summed E-state index contributed by atoms with van der Waals surface area (Å²) in [6.45, 7) is 14.7. The van der Waals surface area contributed by atoms with Crippen LogP contribution in [-0.2, 0) is 5.41 Å². The Morgan fingerprint density at radius 2 is 1.68 bits per heavy atom. The summed E-state index contributed by atoms with van der Waals surface area (Å²) < 4.78 is 0. The zero-order valence-electron chi connectivity index (χ0n) is 14.7. The maximum atomic E-state index is 11.8. The number of rotatable bonds is 7. The summed E-state index contributed by atoms with van der Waals surface area (Å²) in [6.07, 6.45) is 0.970. The highest BCUT2D eigenvalue weighted by Crippen LogP contribution is 2.23. The summed E-state index contributed by atoms with van der Waals surface area (Å²) in [5, 5.41) is 5.78. The molecule has 2 amide bonds. The molecule has 0 atom stereocenters. The van der Waals surface area contributed by atoms with Crippen LogP contribution in [0.15, 0.2) is 24.3 Å². The molecule has 124 valence electrons. The van der Waals surface area contributed by atoms with Gasteiger partial charge in [-0.15, -0.1) is 0 Å². The van der Waals surface area contributed by atoms with Crippen molar-refractivity contribution >= 4 is 11.7 Å². The molecule has 4 heteroatoms. The van der Waals surface area contributed by atoms with Crippen molar-refractivity contribution < 1.29 is 4.79 Å². The zero-order valence-corrected chi connectivity index (χ0v) is 14.7. The molecule has 0 aliphatic carbocycles. The molecule has 1 aromatic rings. The number of carbonyl (C=O) groups is 1. The lowest BCUT2D eigenvalue weighted by Crippen LogP contribution is -2.32. The largest absolute Gasteiger partial charge is 0.338 e. The van der Waals surface area contributed by atoms with Gasteiger partial charge in [-0.3, -0.25) is 0 Å². The van der Waals surface area contributed by atoms with E-state index in [0.29, 0.717) is 6.54 Å². The van der Waals surface area contributed by atoms with Crippen LogP contribution in [0.5, 0.6) is 0 Å². The van der Waals surface area contributed by atoms with E-state index in [1.807, 2.05) is 12.1 Å². The first-order valence-corrected chi connectivity index (χ1v) is 8.24. The van der Waals surface area contributed by atoms with E-state index in [2.05, 4.69) is 62.3 Å². The minimum Gasteiger partial charge on any atom is -0.338 e. The highest BCUT2D eigenvalue weighted by atomic mass is 16.2. The van der Waals surface area contributed by atoms with Crippen molar-refractivity contribution in [3.8, 4) is 0 Å². The third-order valence-corrected chi connectivity index (χ3v) is 3.84. The molecule has 0 saturated carbocycles. The zero-order chi connectivity index (χ0) is 16.6. The SMILES string of the molecule is CCN(CC)CCCNC(=O)Nc1ccc(C(C)(C)C)cc1. The molecule has 0 bridgehead atoms. The number of urea groups is 1. The van der Waals surface area contributed by atoms with Gasteiger partial charge in [-0.25, -0.2) is 4.79 Å². The van der Waals surface area contributed by atoms with Gasteiger partial charge in [0.15, 0.2) is 0 Å². The summed E-state index contributed by atoms with van der Waals surface area (Å²) in [5.74, 6) is 0. The quantitative estimate of drug-likeness (QED) is 0.752. The Bertz CT molecular complexity index is 444. The minimum absolute atomic E-state index is 0.130. The summed E-state index contributed by atoms with van der Waals surface area (Å²) >= 11 is 0. The highest BCUT2D eigenvalue weighted by Gasteiger charge is 2.13. The molecule has 1 rings (SSSR count). The third kappa shape index (κ3) is 6.48. The van der Waals surface area contributed by atoms with E-state index < -0.39 is 0 Å². The Balaban J connectivity index is 2.33. The number of nitrogens with one attached hydrogen (secondary N) is 2. The van der Waals surface area contributed by atoms with E-state index in [9.17, 15) is 4.79 Å². The molecule has 22 heavy (non-hydrogen) atoms. The Labute approximate surface area is 135 Å². The van der Waals surface area contributed by atoms with E-state index in [-0.39, 0.29) is 11.4 Å². The molecule has 4 nitrogen and oxygen atoms in total. The van der Waals surface area contributed by atoms with Crippen LogP contribution < -0.4 is 10.6 Å². The number of hydrogen-bond donors (Lipinski definition) is 2. The molecule has 0 aliphatic rings. The van der Waals surface area contributed by atoms with E-state index >= 15 is 0 Å². The number of amides is 2. The van der Waals surface area contributed by atoms with Crippen LogP contribution in [0, 0.1) is 0 Å². The molecule has 1 aromatic carbocycles. The van der Waals surface area contributed by atoms with Crippen LogP contribution in [-0.4, -0.2) is 37.1 Å². The lowest BCUT2D eigenvalue weighted by Gasteiger charge is -2.19. The van der Waals surface area contributed by atoms with Crippen LogP contribution in [0.3, 0.4) is 0 Å². The second-order valence-electron chi connectivity index (χ2n) is 6.59. The molecule has 0 spiro atoms. The molecule has 0 saturated heterocycles. The van der Waals surface area contributed by atoms with E-state index in [4.69, 9.17) is 0 Å². The fourth-order valence-electron chi connectivity index (χ4n) is 2.27. The monoisotopic (exact) mass is 305 g/mol. The molecule has 0 aliphatic heterocycles. The van der Waals surface area contributed by atoms with E-state index in [1.54, 1.807) is 0 Å². The number of benzene rings is 1. The average Bonchev–Trinajstić information content (AvgIpc) is 2.47. The average molecular weight is 305 g/mol. The highest BCUT2D eigenvalue weighted by molar-refractivity contribution is 5.89. The molecule has 0 heterocycles. The summed E-state index contributed by atoms with van der Waals surface area (Å²) in [6, 6.07) is 7.90. The number of anilines is 1. The van der Waals surface area contributed by atoms with Crippen LogP contribution in [0.2, 0.25) is 0 Å². The predicted molar refractivity (Wildman–Crippen MR) is 94.6 cm³/mol. The molecular weight excluding hydrogens is 274 g/mol. The van der Waals surface area contributed by atoms with Gasteiger partial charge in [-0.1, -0.05) is 46.8 Å². The molecule has 2 N–H and O–H groups in total. The summed E-state index contributed by atoms with van der Waals surface area (Å²) in [4.78, 5) is 14.2. The molecule has 0 unspecified atom stereocenters. The molecular formula is C18H31N3O. The van der Waals surface area contributed by atoms with Crippen LogP contribution in [0.4, 0.5) is 10.5 Å². The van der Waals surface area contributed by atoms with Gasteiger partial charge in [-0.05, 0) is 49.2 Å². The smallest absolute Gasteiger partial charge is 0.319 e. The van der Waals surface area contributed by atoms with E-state index in [0.717, 1.165) is 31.7 Å². The van der Waals surface area contributed by atoms with Gasteiger partial charge in [0, 0.05) is 12.2 Å². The first-order chi connectivity index (χ1) is 10.4. The third-order valence-electron chi connectivity index (χ3n) is 3.84. The van der Waals surface area contributed by atoms with Crippen molar-refractivity contribution in [2.45, 2.75) is 46.5 Å². The van der Waals surface area contributed by atoms with Gasteiger partial charge in [0.25, 0.3) is 0 Å². The Kier molecular flexibility index (Phi) is 7.39. The van der Waals surface area contributed by atoms with Crippen molar-refractivity contribution in [1.29, 1.82) is 0 Å². The lowest BCUT2D eigenvalue weighted by atomic mass is 9.87. The lowest BCUT2D eigenvalue weighted by molar-refractivity contribution is 0.250. The number of nitrogens with zero attached hydrogens (tertiary/aromatic N) is 1. The van der Waals surface area contributed by atoms with Crippen molar-refractivity contribution in [2.75, 3.05) is 31.5 Å². The van der Waals surface area contributed by atoms with Gasteiger partial charge < -0.3 is 15.5 Å². The normalized spacial score (nSPS) is 11.5. The first kappa shape index (κ1) is 18.5. The van der Waals surface area contributed by atoms with Gasteiger partial charge in [0.1, 0.15) is 0 Å². The van der Waals surface area contributed by atoms with Crippen molar-refractivity contribution in [2.24, 2.45) is 0 Å². The second-order valence-corrected chi connectivity index (χ2v) is 6.59. The predicted octanol–water partition coefficient (Wildman–Crippen LogP) is 3.84. The Morgan fingerprint density at radius 1 is 1.09 bits per heavy atom. The van der Waals surface area contributed by atoms with Crippen molar-refractivity contribution in [1.82, 2.24) is 10.2 Å². The fraction of sp³-hybridized carbons (Fsp3) is 0.611. The maximum absolute atomic E-state index is 11.8. The number of hydrogen-bond acceptors (Lipinski definition) is 2. The van der Waals surface area contributed by atoms with Gasteiger partial charge in [0.2, 0.25) is 0 Å². The fourth-order valence-corrected chi connectivity index (χ4v) is 2.27. The Morgan fingerprint density at radius 3 is 2.18 bits per heavy atom. The van der Waals surface area contributed by atoms with Crippen LogP contribution >= 0.6 is 0 Å². The molecule has 0 fully saturated rings. The van der Waals surface area contributed by atoms with Gasteiger partial charge in [-0.2, -0.15) is 0 Å². The Hall–Kier alpha value is -1.55. The van der Waals surface area contributed by atoms with E-state index in [1.165, 1.54) is 5.56 Å². The van der Waals surface area contributed by atoms with Crippen molar-refractivity contribution in [3.63, 3.8) is 0 Å². The van der Waals surface area contributed by atoms with Crippen molar-refractivity contribution in [3.05, 3.63) is 29.8 Å². The molecule has 0 aromatic heterocycles. The maximum Gasteiger partial charge on any atom is 0.319 e. The van der Waals surface area contributed by atoms with Crippen LogP contribution in [0.1, 0.15) is 46.6 Å². The summed E-state index contributed by atoms with van der Waals surface area (Å²) in [7, 11) is 0. The van der Waals surface area contributed by atoms with Crippen LogP contribution in [0.25, 0.3) is 0 Å². The first-order valence-electron chi connectivity index (χ1n) is 8.24. The molecule has 0 radical (unpaired) electrons. The van der Waals surface area contributed by atoms with Gasteiger partial charge >= 0.3 is 6.03 Å². The number of carbonyl (C=O) groups excluding carboxylic acids is 1. The summed E-state index contributed by atoms with van der Waals surface area (Å²) in [5.41, 5.74) is 2.22. The minimum atomic E-state index is -0.136. The standard InChI is InChI=1S/C18H31N3O/c1-6-21(7-2)14-8-13-19-17(22)20-16-11-9-15(10-12-16)18(3,4)5/h9-12H,6-8,13-14H2,1-5H3,(H2,19,20,22). The second kappa shape index (κ2) is 8.79.